The van der Waals surface area contributed by atoms with Crippen molar-refractivity contribution in [1.29, 1.82) is 0 Å². The van der Waals surface area contributed by atoms with Crippen LogP contribution in [0.3, 0.4) is 0 Å². The smallest absolute Gasteiger partial charge is 0.306 e. The molecule has 54 heavy (non-hydrogen) atoms. The summed E-state index contributed by atoms with van der Waals surface area (Å²) in [5.41, 5.74) is 8.87. The van der Waals surface area contributed by atoms with Crippen LogP contribution >= 0.6 is 34.8 Å². The minimum atomic E-state index is -1.77. The average molecular weight is 793 g/mol. The summed E-state index contributed by atoms with van der Waals surface area (Å²) in [5.74, 6) is -3.93. The van der Waals surface area contributed by atoms with Crippen molar-refractivity contribution in [3.05, 3.63) is 113 Å². The van der Waals surface area contributed by atoms with Crippen LogP contribution in [0.15, 0.2) is 78.9 Å². The van der Waals surface area contributed by atoms with Crippen LogP contribution in [0.4, 0.5) is 5.69 Å². The molecule has 2 heterocycles. The maximum absolute atomic E-state index is 13.7. The van der Waals surface area contributed by atoms with Gasteiger partial charge in [-0.1, -0.05) is 109 Å². The van der Waals surface area contributed by atoms with Crippen LogP contribution in [0, 0.1) is 30.6 Å². The molecular formula is C40H40Cl3N5O6. The van der Waals surface area contributed by atoms with Crippen molar-refractivity contribution in [3.8, 4) is 5.75 Å². The third-order valence-electron chi connectivity index (χ3n) is 9.51. The Morgan fingerprint density at radius 3 is 2.20 bits per heavy atom. The molecule has 11 nitrogen and oxygen atoms in total. The number of hydrogen-bond acceptors (Lipinski definition) is 8. The molecule has 1 saturated heterocycles. The highest BCUT2D eigenvalue weighted by Crippen LogP contribution is 2.40. The normalized spacial score (nSPS) is 17.8. The van der Waals surface area contributed by atoms with Gasteiger partial charge in [-0.05, 0) is 79.1 Å². The van der Waals surface area contributed by atoms with Crippen molar-refractivity contribution >= 4 is 76.3 Å². The van der Waals surface area contributed by atoms with E-state index in [-0.39, 0.29) is 49.4 Å². The molecule has 3 aromatic carbocycles. The number of imide groups is 1. The van der Waals surface area contributed by atoms with Gasteiger partial charge in [0.25, 0.3) is 0 Å². The van der Waals surface area contributed by atoms with Crippen molar-refractivity contribution < 1.29 is 29.0 Å². The number of amides is 3. The quantitative estimate of drug-likeness (QED) is 0.0908. The topological polar surface area (TPSA) is 166 Å². The Bertz CT molecular complexity index is 2010. The lowest BCUT2D eigenvalue weighted by Crippen LogP contribution is -2.31. The lowest BCUT2D eigenvalue weighted by atomic mass is 9.77. The van der Waals surface area contributed by atoms with Gasteiger partial charge in [-0.15, -0.1) is 0 Å². The molecule has 4 aromatic rings. The van der Waals surface area contributed by atoms with E-state index in [1.807, 2.05) is 60.7 Å². The summed E-state index contributed by atoms with van der Waals surface area (Å²) in [6, 6.07) is 23.8. The van der Waals surface area contributed by atoms with E-state index in [0.717, 1.165) is 16.7 Å². The standard InChI is InChI=1S/C40H40Cl3N5O6/c1-23(38(52)53)19-30(35(44)49)20-29(21-33-24(2)36(50)48(37(33)51)31-7-5-4-6-8-31)28-14-9-27(10-15-28)22-54-32-16-11-26(12-17-32)13-18-34-45-25(3)46-39(47-34)40(41,42)43/h4-18,23-24,29-30,33H,19-22H2,1-3H3,(H2,44,49)(H,52,53)/b18-13+. The van der Waals surface area contributed by atoms with Crippen LogP contribution in [0.1, 0.15) is 73.2 Å². The minimum Gasteiger partial charge on any atom is -0.489 e. The van der Waals surface area contributed by atoms with Crippen molar-refractivity contribution in [3.63, 3.8) is 0 Å². The second-order valence-corrected chi connectivity index (χ2v) is 15.8. The van der Waals surface area contributed by atoms with Gasteiger partial charge in [0.2, 0.25) is 21.5 Å². The molecule has 0 aliphatic carbocycles. The second-order valence-electron chi connectivity index (χ2n) is 13.5. The number of alkyl halides is 3. The number of halogens is 3. The third-order valence-corrected chi connectivity index (χ3v) is 10.0. The summed E-state index contributed by atoms with van der Waals surface area (Å²) in [6.07, 6.45) is 4.06. The first-order valence-electron chi connectivity index (χ1n) is 17.3. The number of aromatic nitrogens is 3. The number of primary amides is 1. The Hall–Kier alpha value is -4.84. The predicted molar refractivity (Wildman–Crippen MR) is 208 cm³/mol. The highest BCUT2D eigenvalue weighted by Gasteiger charge is 2.46. The van der Waals surface area contributed by atoms with Crippen molar-refractivity contribution in [2.24, 2.45) is 29.4 Å². The lowest BCUT2D eigenvalue weighted by Gasteiger charge is -2.26. The number of hydrogen-bond donors (Lipinski definition) is 2. The molecule has 3 N–H and O–H groups in total. The number of carbonyl (C=O) groups excluding carboxylic acids is 3. The molecule has 1 aromatic heterocycles. The number of nitrogens with two attached hydrogens (primary N) is 1. The Balaban J connectivity index is 1.29. The Morgan fingerprint density at radius 2 is 1.59 bits per heavy atom. The maximum atomic E-state index is 13.7. The zero-order valence-corrected chi connectivity index (χ0v) is 32.1. The van der Waals surface area contributed by atoms with Crippen LogP contribution in [0.5, 0.6) is 5.75 Å². The molecule has 1 fully saturated rings. The second kappa shape index (κ2) is 17.5. The molecular weight excluding hydrogens is 753 g/mol. The van der Waals surface area contributed by atoms with Crippen LogP contribution in [-0.4, -0.2) is 43.7 Å². The van der Waals surface area contributed by atoms with Crippen molar-refractivity contribution in [2.75, 3.05) is 4.90 Å². The third kappa shape index (κ3) is 10.2. The van der Waals surface area contributed by atoms with E-state index in [0.29, 0.717) is 23.1 Å². The number of aryl methyl sites for hydroxylation is 1. The molecule has 3 amide bonds. The molecule has 0 bridgehead atoms. The first kappa shape index (κ1) is 40.3. The first-order valence-corrected chi connectivity index (χ1v) is 18.5. The summed E-state index contributed by atoms with van der Waals surface area (Å²) in [7, 11) is 0. The number of carbonyl (C=O) groups is 4. The number of rotatable bonds is 15. The fourth-order valence-electron chi connectivity index (χ4n) is 6.48. The number of ether oxygens (including phenoxy) is 1. The largest absolute Gasteiger partial charge is 0.489 e. The highest BCUT2D eigenvalue weighted by atomic mass is 35.6. The average Bonchev–Trinajstić information content (AvgIpc) is 3.35. The van der Waals surface area contributed by atoms with E-state index in [9.17, 15) is 24.3 Å². The molecule has 0 spiro atoms. The zero-order chi connectivity index (χ0) is 39.2. The van der Waals surface area contributed by atoms with Gasteiger partial charge in [0.1, 0.15) is 18.2 Å². The SMILES string of the molecule is Cc1nc(/C=C/c2ccc(OCc3ccc(C(CC(CC(C)C(=O)O)C(N)=O)CC4C(=O)N(c5ccccc5)C(=O)C4C)cc3)cc2)nc(C(Cl)(Cl)Cl)n1. The van der Waals surface area contributed by atoms with Gasteiger partial charge >= 0.3 is 5.97 Å². The number of anilines is 1. The van der Waals surface area contributed by atoms with Crippen LogP contribution < -0.4 is 15.4 Å². The fourth-order valence-corrected chi connectivity index (χ4v) is 6.73. The van der Waals surface area contributed by atoms with E-state index in [4.69, 9.17) is 45.3 Å². The van der Waals surface area contributed by atoms with E-state index in [2.05, 4.69) is 15.0 Å². The lowest BCUT2D eigenvalue weighted by molar-refractivity contribution is -0.142. The maximum Gasteiger partial charge on any atom is 0.306 e. The summed E-state index contributed by atoms with van der Waals surface area (Å²) < 4.78 is 4.27. The molecule has 5 unspecified atom stereocenters. The summed E-state index contributed by atoms with van der Waals surface area (Å²) in [5, 5.41) is 9.54. The zero-order valence-electron chi connectivity index (χ0n) is 29.9. The first-order chi connectivity index (χ1) is 25.6. The van der Waals surface area contributed by atoms with Crippen LogP contribution in [-0.2, 0) is 29.6 Å². The molecule has 282 valence electrons. The molecule has 1 aliphatic rings. The van der Waals surface area contributed by atoms with E-state index >= 15 is 0 Å². The number of carboxylic acid groups (broad SMARTS) is 1. The molecule has 14 heteroatoms. The highest BCUT2D eigenvalue weighted by molar-refractivity contribution is 6.66. The molecule has 0 radical (unpaired) electrons. The number of carboxylic acids is 1. The van der Waals surface area contributed by atoms with Crippen LogP contribution in [0.2, 0.25) is 0 Å². The minimum absolute atomic E-state index is 0.0392. The van der Waals surface area contributed by atoms with Crippen LogP contribution in [0.25, 0.3) is 12.2 Å². The van der Waals surface area contributed by atoms with Crippen molar-refractivity contribution in [1.82, 2.24) is 15.0 Å². The Labute approximate surface area is 328 Å². The summed E-state index contributed by atoms with van der Waals surface area (Å²) >= 11 is 17.8. The van der Waals surface area contributed by atoms with Gasteiger partial charge in [0, 0.05) is 11.8 Å². The fraction of sp³-hybridized carbons (Fsp3) is 0.325. The van der Waals surface area contributed by atoms with Gasteiger partial charge < -0.3 is 15.6 Å². The Morgan fingerprint density at radius 1 is 0.926 bits per heavy atom. The monoisotopic (exact) mass is 791 g/mol. The van der Waals surface area contributed by atoms with Crippen molar-refractivity contribution in [2.45, 2.75) is 56.4 Å². The summed E-state index contributed by atoms with van der Waals surface area (Å²) in [6.45, 7) is 5.23. The van der Waals surface area contributed by atoms with E-state index in [1.165, 1.54) is 11.8 Å². The van der Waals surface area contributed by atoms with Gasteiger partial charge in [-0.2, -0.15) is 0 Å². The molecule has 5 atom stereocenters. The number of aliphatic carboxylic acids is 1. The molecule has 0 saturated carbocycles. The van der Waals surface area contributed by atoms with Gasteiger partial charge in [-0.3, -0.25) is 24.1 Å². The number of para-hydroxylation sites is 1. The molecule has 5 rings (SSSR count). The van der Waals surface area contributed by atoms with E-state index < -0.39 is 39.3 Å². The van der Waals surface area contributed by atoms with Gasteiger partial charge in [0.15, 0.2) is 11.6 Å². The van der Waals surface area contributed by atoms with Gasteiger partial charge in [0.05, 0.1) is 17.5 Å². The number of benzene rings is 3. The number of nitrogens with zero attached hydrogens (tertiary/aromatic N) is 4. The molecule has 1 aliphatic heterocycles. The Kier molecular flexibility index (Phi) is 13.1. The predicted octanol–water partition coefficient (Wildman–Crippen LogP) is 7.66. The summed E-state index contributed by atoms with van der Waals surface area (Å²) in [4.78, 5) is 65.1. The van der Waals surface area contributed by atoms with Gasteiger partial charge in [-0.25, -0.2) is 15.0 Å². The van der Waals surface area contributed by atoms with E-state index in [1.54, 1.807) is 44.2 Å².